The number of aryl methyl sites for hydroxylation is 1. The SMILES string of the molecule is CCn1ncc(CN2CCN(C(=S)NC)CC2)c1C. The van der Waals surface area contributed by atoms with Gasteiger partial charge in [0.25, 0.3) is 0 Å². The Morgan fingerprint density at radius 3 is 2.58 bits per heavy atom. The zero-order valence-corrected chi connectivity index (χ0v) is 12.8. The molecule has 0 radical (unpaired) electrons. The van der Waals surface area contributed by atoms with Crippen molar-refractivity contribution < 1.29 is 0 Å². The topological polar surface area (TPSA) is 36.3 Å². The van der Waals surface area contributed by atoms with Gasteiger partial charge in [0.1, 0.15) is 0 Å². The van der Waals surface area contributed by atoms with E-state index in [0.29, 0.717) is 0 Å². The smallest absolute Gasteiger partial charge is 0.168 e. The molecule has 0 spiro atoms. The van der Waals surface area contributed by atoms with Gasteiger partial charge in [0, 0.05) is 57.6 Å². The van der Waals surface area contributed by atoms with Crippen LogP contribution >= 0.6 is 12.2 Å². The van der Waals surface area contributed by atoms with E-state index >= 15 is 0 Å². The van der Waals surface area contributed by atoms with E-state index in [2.05, 4.69) is 38.7 Å². The van der Waals surface area contributed by atoms with Crippen LogP contribution in [0.4, 0.5) is 0 Å². The highest BCUT2D eigenvalue weighted by molar-refractivity contribution is 7.80. The van der Waals surface area contributed by atoms with E-state index < -0.39 is 0 Å². The highest BCUT2D eigenvalue weighted by atomic mass is 32.1. The molecule has 2 heterocycles. The van der Waals surface area contributed by atoms with Crippen molar-refractivity contribution in [3.8, 4) is 0 Å². The summed E-state index contributed by atoms with van der Waals surface area (Å²) in [5.41, 5.74) is 2.63. The number of aromatic nitrogens is 2. The van der Waals surface area contributed by atoms with Crippen molar-refractivity contribution in [2.24, 2.45) is 0 Å². The van der Waals surface area contributed by atoms with Crippen molar-refractivity contribution in [3.05, 3.63) is 17.5 Å². The molecule has 1 fully saturated rings. The molecule has 1 aromatic rings. The molecule has 2 rings (SSSR count). The number of hydrogen-bond donors (Lipinski definition) is 1. The van der Waals surface area contributed by atoms with Crippen LogP contribution in [0.1, 0.15) is 18.2 Å². The van der Waals surface area contributed by atoms with Crippen molar-refractivity contribution in [2.45, 2.75) is 26.9 Å². The summed E-state index contributed by atoms with van der Waals surface area (Å²) in [6.07, 6.45) is 2.00. The average molecular weight is 281 g/mol. The van der Waals surface area contributed by atoms with Gasteiger partial charge < -0.3 is 10.2 Å². The first-order chi connectivity index (χ1) is 9.15. The summed E-state index contributed by atoms with van der Waals surface area (Å²) in [5.74, 6) is 0. The standard InChI is InChI=1S/C13H23N5S/c1-4-18-11(2)12(9-15-18)10-16-5-7-17(8-6-16)13(19)14-3/h9H,4-8,10H2,1-3H3,(H,14,19). The number of hydrogen-bond acceptors (Lipinski definition) is 3. The van der Waals surface area contributed by atoms with Gasteiger partial charge in [0.05, 0.1) is 6.20 Å². The summed E-state index contributed by atoms with van der Waals surface area (Å²) >= 11 is 5.27. The monoisotopic (exact) mass is 281 g/mol. The van der Waals surface area contributed by atoms with Crippen molar-refractivity contribution >= 4 is 17.3 Å². The molecular formula is C13H23N5S. The lowest BCUT2D eigenvalue weighted by Gasteiger charge is -2.35. The molecule has 1 aliphatic rings. The molecule has 1 N–H and O–H groups in total. The molecule has 0 aromatic carbocycles. The van der Waals surface area contributed by atoms with Gasteiger partial charge in [-0.2, -0.15) is 5.10 Å². The Hall–Kier alpha value is -1.14. The molecule has 0 aliphatic carbocycles. The van der Waals surface area contributed by atoms with E-state index in [9.17, 15) is 0 Å². The van der Waals surface area contributed by atoms with Gasteiger partial charge in [-0.3, -0.25) is 9.58 Å². The molecule has 5 nitrogen and oxygen atoms in total. The highest BCUT2D eigenvalue weighted by Crippen LogP contribution is 2.12. The van der Waals surface area contributed by atoms with Crippen LogP contribution in [0.3, 0.4) is 0 Å². The molecular weight excluding hydrogens is 258 g/mol. The lowest BCUT2D eigenvalue weighted by Crippen LogP contribution is -2.50. The van der Waals surface area contributed by atoms with Crippen LogP contribution in [0, 0.1) is 6.92 Å². The molecule has 0 unspecified atom stereocenters. The summed E-state index contributed by atoms with van der Waals surface area (Å²) in [5, 5.41) is 8.31. The van der Waals surface area contributed by atoms with E-state index in [1.165, 1.54) is 11.3 Å². The van der Waals surface area contributed by atoms with Gasteiger partial charge in [0.2, 0.25) is 0 Å². The number of rotatable bonds is 3. The summed E-state index contributed by atoms with van der Waals surface area (Å²) in [6.45, 7) is 10.3. The summed E-state index contributed by atoms with van der Waals surface area (Å²) < 4.78 is 2.06. The molecule has 19 heavy (non-hydrogen) atoms. The minimum Gasteiger partial charge on any atom is -0.366 e. The normalized spacial score (nSPS) is 16.7. The van der Waals surface area contributed by atoms with Gasteiger partial charge in [-0.05, 0) is 26.1 Å². The van der Waals surface area contributed by atoms with Crippen molar-refractivity contribution in [2.75, 3.05) is 33.2 Å². The maximum absolute atomic E-state index is 5.27. The second-order valence-electron chi connectivity index (χ2n) is 4.89. The summed E-state index contributed by atoms with van der Waals surface area (Å²) in [6, 6.07) is 0. The zero-order valence-electron chi connectivity index (χ0n) is 12.0. The molecule has 0 bridgehead atoms. The van der Waals surface area contributed by atoms with Crippen LogP contribution in [0.25, 0.3) is 0 Å². The van der Waals surface area contributed by atoms with Gasteiger partial charge >= 0.3 is 0 Å². The fourth-order valence-corrected chi connectivity index (χ4v) is 2.65. The van der Waals surface area contributed by atoms with E-state index in [4.69, 9.17) is 12.2 Å². The Bertz CT molecular complexity index is 434. The Kier molecular flexibility index (Phi) is 4.76. The third-order valence-corrected chi connectivity index (χ3v) is 4.23. The lowest BCUT2D eigenvalue weighted by molar-refractivity contribution is 0.174. The second-order valence-corrected chi connectivity index (χ2v) is 5.28. The first-order valence-corrected chi connectivity index (χ1v) is 7.26. The van der Waals surface area contributed by atoms with Crippen LogP contribution < -0.4 is 5.32 Å². The summed E-state index contributed by atoms with van der Waals surface area (Å²) in [7, 11) is 1.89. The van der Waals surface area contributed by atoms with E-state index in [0.717, 1.165) is 44.4 Å². The van der Waals surface area contributed by atoms with Crippen LogP contribution in [-0.4, -0.2) is 57.9 Å². The largest absolute Gasteiger partial charge is 0.366 e. The molecule has 1 saturated heterocycles. The summed E-state index contributed by atoms with van der Waals surface area (Å²) in [4.78, 5) is 4.70. The quantitative estimate of drug-likeness (QED) is 0.831. The Labute approximate surface area is 120 Å². The van der Waals surface area contributed by atoms with E-state index in [-0.39, 0.29) is 0 Å². The van der Waals surface area contributed by atoms with Crippen molar-refractivity contribution in [1.82, 2.24) is 24.9 Å². The third-order valence-electron chi connectivity index (χ3n) is 3.77. The number of thiocarbonyl (C=S) groups is 1. The van der Waals surface area contributed by atoms with Crippen molar-refractivity contribution in [1.29, 1.82) is 0 Å². The number of piperazine rings is 1. The minimum atomic E-state index is 0.856. The zero-order chi connectivity index (χ0) is 13.8. The molecule has 106 valence electrons. The maximum atomic E-state index is 5.27. The van der Waals surface area contributed by atoms with Crippen molar-refractivity contribution in [3.63, 3.8) is 0 Å². The van der Waals surface area contributed by atoms with Crippen LogP contribution in [0.15, 0.2) is 6.20 Å². The van der Waals surface area contributed by atoms with Gasteiger partial charge in [0.15, 0.2) is 5.11 Å². The molecule has 0 amide bonds. The minimum absolute atomic E-state index is 0.856. The molecule has 6 heteroatoms. The van der Waals surface area contributed by atoms with Crippen LogP contribution in [0.5, 0.6) is 0 Å². The van der Waals surface area contributed by atoms with Crippen LogP contribution in [0.2, 0.25) is 0 Å². The molecule has 1 aromatic heterocycles. The lowest BCUT2D eigenvalue weighted by atomic mass is 10.2. The number of nitrogens with zero attached hydrogens (tertiary/aromatic N) is 4. The maximum Gasteiger partial charge on any atom is 0.168 e. The number of nitrogens with one attached hydrogen (secondary N) is 1. The fourth-order valence-electron chi connectivity index (χ4n) is 2.47. The predicted octanol–water partition coefficient (Wildman–Crippen LogP) is 0.833. The Morgan fingerprint density at radius 1 is 1.37 bits per heavy atom. The Balaban J connectivity index is 1.88. The van der Waals surface area contributed by atoms with Gasteiger partial charge in [-0.15, -0.1) is 0 Å². The average Bonchev–Trinajstić information content (AvgIpc) is 2.79. The third kappa shape index (κ3) is 3.25. The first kappa shape index (κ1) is 14.3. The van der Waals surface area contributed by atoms with Crippen LogP contribution in [-0.2, 0) is 13.1 Å². The van der Waals surface area contributed by atoms with E-state index in [1.807, 2.05) is 13.2 Å². The fraction of sp³-hybridized carbons (Fsp3) is 0.692. The Morgan fingerprint density at radius 2 is 2.05 bits per heavy atom. The van der Waals surface area contributed by atoms with Gasteiger partial charge in [-0.25, -0.2) is 0 Å². The predicted molar refractivity (Wildman–Crippen MR) is 81.1 cm³/mol. The molecule has 0 saturated carbocycles. The highest BCUT2D eigenvalue weighted by Gasteiger charge is 2.19. The molecule has 0 atom stereocenters. The molecule has 1 aliphatic heterocycles. The first-order valence-electron chi connectivity index (χ1n) is 6.86. The van der Waals surface area contributed by atoms with Gasteiger partial charge in [-0.1, -0.05) is 0 Å². The van der Waals surface area contributed by atoms with E-state index in [1.54, 1.807) is 0 Å². The second kappa shape index (κ2) is 6.34.